The predicted octanol–water partition coefficient (Wildman–Crippen LogP) is 1.75. The molecule has 3 rings (SSSR count). The van der Waals surface area contributed by atoms with Gasteiger partial charge in [-0.2, -0.15) is 0 Å². The van der Waals surface area contributed by atoms with E-state index in [-0.39, 0.29) is 21.9 Å². The zero-order chi connectivity index (χ0) is 21.9. The van der Waals surface area contributed by atoms with E-state index in [0.717, 1.165) is 48.8 Å². The first-order valence-electron chi connectivity index (χ1n) is 9.72. The number of likely N-dealkylation sites (N-methyl/N-ethyl adjacent to an activating group) is 1. The Bertz CT molecular complexity index is 974. The SMILES string of the molecule is CN1CCN(c2ccc(CNS(=O)(=O)c3nnc(NC(=O)C(C)(C)C)s3)cc2)CC1. The number of hydrogen-bond donors (Lipinski definition) is 2. The van der Waals surface area contributed by atoms with Gasteiger partial charge in [0.25, 0.3) is 10.0 Å². The Morgan fingerprint density at radius 1 is 1.10 bits per heavy atom. The summed E-state index contributed by atoms with van der Waals surface area (Å²) >= 11 is 0.826. The van der Waals surface area contributed by atoms with E-state index in [4.69, 9.17) is 0 Å². The molecule has 0 aliphatic carbocycles. The highest BCUT2D eigenvalue weighted by Gasteiger charge is 2.25. The van der Waals surface area contributed by atoms with Crippen molar-refractivity contribution >= 4 is 38.1 Å². The zero-order valence-corrected chi connectivity index (χ0v) is 19.3. The number of sulfonamides is 1. The van der Waals surface area contributed by atoms with Crippen molar-refractivity contribution in [1.29, 1.82) is 0 Å². The number of piperazine rings is 1. The molecule has 9 nitrogen and oxygen atoms in total. The number of nitrogens with zero attached hydrogens (tertiary/aromatic N) is 4. The standard InChI is InChI=1S/C19H28N6O3S2/c1-19(2,3)16(26)21-17-22-23-18(29-17)30(27,28)20-13-14-5-7-15(8-6-14)25-11-9-24(4)10-12-25/h5-8,20H,9-13H2,1-4H3,(H,21,22,26). The monoisotopic (exact) mass is 452 g/mol. The molecule has 1 aromatic carbocycles. The van der Waals surface area contributed by atoms with Crippen LogP contribution in [0.5, 0.6) is 0 Å². The third-order valence-electron chi connectivity index (χ3n) is 4.81. The second kappa shape index (κ2) is 8.96. The molecule has 2 aromatic rings. The molecule has 30 heavy (non-hydrogen) atoms. The van der Waals surface area contributed by atoms with Crippen LogP contribution in [0.1, 0.15) is 26.3 Å². The van der Waals surface area contributed by atoms with Crippen molar-refractivity contribution in [3.63, 3.8) is 0 Å². The molecule has 1 aliphatic heterocycles. The molecular formula is C19H28N6O3S2. The number of nitrogens with one attached hydrogen (secondary N) is 2. The smallest absolute Gasteiger partial charge is 0.270 e. The van der Waals surface area contributed by atoms with Crippen LogP contribution in [0.3, 0.4) is 0 Å². The van der Waals surface area contributed by atoms with Gasteiger partial charge in [-0.05, 0) is 24.7 Å². The highest BCUT2D eigenvalue weighted by Crippen LogP contribution is 2.23. The topological polar surface area (TPSA) is 108 Å². The number of rotatable bonds is 6. The number of carbonyl (C=O) groups excluding carboxylic acids is 1. The van der Waals surface area contributed by atoms with Gasteiger partial charge in [-0.15, -0.1) is 10.2 Å². The van der Waals surface area contributed by atoms with Crippen LogP contribution in [0.15, 0.2) is 28.6 Å². The summed E-state index contributed by atoms with van der Waals surface area (Å²) in [6.45, 7) is 9.45. The number of benzene rings is 1. The van der Waals surface area contributed by atoms with Crippen LogP contribution in [0, 0.1) is 5.41 Å². The van der Waals surface area contributed by atoms with Gasteiger partial charge in [0, 0.05) is 43.8 Å². The summed E-state index contributed by atoms with van der Waals surface area (Å²) in [5.74, 6) is -0.254. The van der Waals surface area contributed by atoms with Crippen molar-refractivity contribution in [3.05, 3.63) is 29.8 Å². The van der Waals surface area contributed by atoms with Crippen LogP contribution in [0.2, 0.25) is 0 Å². The Labute approximate surface area is 181 Å². The van der Waals surface area contributed by atoms with E-state index >= 15 is 0 Å². The first-order valence-corrected chi connectivity index (χ1v) is 12.0. The molecule has 0 saturated carbocycles. The van der Waals surface area contributed by atoms with E-state index in [0.29, 0.717) is 0 Å². The van der Waals surface area contributed by atoms with Gasteiger partial charge in [-0.1, -0.05) is 44.2 Å². The van der Waals surface area contributed by atoms with Gasteiger partial charge >= 0.3 is 0 Å². The highest BCUT2D eigenvalue weighted by atomic mass is 32.2. The molecule has 1 aliphatic rings. The van der Waals surface area contributed by atoms with Gasteiger partial charge in [0.05, 0.1) is 0 Å². The maximum absolute atomic E-state index is 12.5. The largest absolute Gasteiger partial charge is 0.369 e. The number of hydrogen-bond acceptors (Lipinski definition) is 8. The van der Waals surface area contributed by atoms with Crippen molar-refractivity contribution in [2.24, 2.45) is 5.41 Å². The Kier molecular flexibility index (Phi) is 6.75. The van der Waals surface area contributed by atoms with Crippen molar-refractivity contribution in [1.82, 2.24) is 19.8 Å². The van der Waals surface area contributed by atoms with Crippen LogP contribution in [-0.4, -0.2) is 62.6 Å². The molecule has 0 spiro atoms. The van der Waals surface area contributed by atoms with Gasteiger partial charge in [-0.3, -0.25) is 4.79 Å². The summed E-state index contributed by atoms with van der Waals surface area (Å²) in [5, 5.41) is 10.2. The summed E-state index contributed by atoms with van der Waals surface area (Å²) in [4.78, 5) is 16.6. The average molecular weight is 453 g/mol. The third kappa shape index (κ3) is 5.75. The fourth-order valence-corrected chi connectivity index (χ4v) is 4.74. The van der Waals surface area contributed by atoms with Crippen LogP contribution in [-0.2, 0) is 21.4 Å². The summed E-state index contributed by atoms with van der Waals surface area (Å²) < 4.78 is 27.4. The van der Waals surface area contributed by atoms with Crippen molar-refractivity contribution in [2.75, 3.05) is 43.4 Å². The van der Waals surface area contributed by atoms with Crippen molar-refractivity contribution in [3.8, 4) is 0 Å². The minimum atomic E-state index is -3.82. The number of carbonyl (C=O) groups is 1. The molecule has 0 unspecified atom stereocenters. The molecule has 0 radical (unpaired) electrons. The quantitative estimate of drug-likeness (QED) is 0.643. The van der Waals surface area contributed by atoms with E-state index < -0.39 is 15.4 Å². The fourth-order valence-electron chi connectivity index (χ4n) is 2.78. The summed E-state index contributed by atoms with van der Waals surface area (Å²) in [6, 6.07) is 7.87. The second-order valence-electron chi connectivity index (χ2n) is 8.36. The van der Waals surface area contributed by atoms with E-state index in [9.17, 15) is 13.2 Å². The van der Waals surface area contributed by atoms with E-state index in [2.05, 4.69) is 37.1 Å². The molecule has 164 valence electrons. The minimum absolute atomic E-state index is 0.147. The van der Waals surface area contributed by atoms with Crippen molar-refractivity contribution < 1.29 is 13.2 Å². The Hall–Kier alpha value is -2.08. The van der Waals surface area contributed by atoms with Gasteiger partial charge in [0.15, 0.2) is 0 Å². The third-order valence-corrected chi connectivity index (χ3v) is 7.42. The molecule has 1 fully saturated rings. The molecule has 11 heteroatoms. The van der Waals surface area contributed by atoms with Crippen LogP contribution >= 0.6 is 11.3 Å². The van der Waals surface area contributed by atoms with Crippen LogP contribution < -0.4 is 14.9 Å². The van der Waals surface area contributed by atoms with Crippen LogP contribution in [0.25, 0.3) is 0 Å². The predicted molar refractivity (Wildman–Crippen MR) is 118 cm³/mol. The van der Waals surface area contributed by atoms with Crippen LogP contribution in [0.4, 0.5) is 10.8 Å². The molecule has 1 aromatic heterocycles. The van der Waals surface area contributed by atoms with Gasteiger partial charge in [-0.25, -0.2) is 13.1 Å². The maximum Gasteiger partial charge on any atom is 0.270 e. The molecule has 2 heterocycles. The number of anilines is 2. The molecule has 1 saturated heterocycles. The van der Waals surface area contributed by atoms with Gasteiger partial charge in [0.2, 0.25) is 15.4 Å². The van der Waals surface area contributed by atoms with Gasteiger partial charge < -0.3 is 15.1 Å². The first kappa shape index (κ1) is 22.6. The first-order chi connectivity index (χ1) is 14.0. The Morgan fingerprint density at radius 2 is 1.73 bits per heavy atom. The second-order valence-corrected chi connectivity index (χ2v) is 11.3. The van der Waals surface area contributed by atoms with Gasteiger partial charge in [0.1, 0.15) is 0 Å². The number of aromatic nitrogens is 2. The molecule has 0 atom stereocenters. The normalized spacial score (nSPS) is 15.9. The summed E-state index contributed by atoms with van der Waals surface area (Å²) in [7, 11) is -1.70. The lowest BCUT2D eigenvalue weighted by Gasteiger charge is -2.34. The fraction of sp³-hybridized carbons (Fsp3) is 0.526. The van der Waals surface area contributed by atoms with E-state index in [1.807, 2.05) is 24.3 Å². The van der Waals surface area contributed by atoms with E-state index in [1.165, 1.54) is 0 Å². The molecule has 1 amide bonds. The summed E-state index contributed by atoms with van der Waals surface area (Å²) in [6.07, 6.45) is 0. The minimum Gasteiger partial charge on any atom is -0.369 e. The summed E-state index contributed by atoms with van der Waals surface area (Å²) in [5.41, 5.74) is 1.37. The lowest BCUT2D eigenvalue weighted by molar-refractivity contribution is -0.123. The van der Waals surface area contributed by atoms with E-state index in [1.54, 1.807) is 20.8 Å². The molecule has 0 bridgehead atoms. The average Bonchev–Trinajstić information content (AvgIpc) is 3.16. The molecular weight excluding hydrogens is 424 g/mol. The number of amides is 1. The van der Waals surface area contributed by atoms with Crippen molar-refractivity contribution in [2.45, 2.75) is 31.7 Å². The Morgan fingerprint density at radius 3 is 2.33 bits per heavy atom. The lowest BCUT2D eigenvalue weighted by atomic mass is 9.96. The molecule has 2 N–H and O–H groups in total. The Balaban J connectivity index is 1.58. The zero-order valence-electron chi connectivity index (χ0n) is 17.7. The lowest BCUT2D eigenvalue weighted by Crippen LogP contribution is -2.44. The maximum atomic E-state index is 12.5. The highest BCUT2D eigenvalue weighted by molar-refractivity contribution is 7.91.